The van der Waals surface area contributed by atoms with Crippen LogP contribution in [0.25, 0.3) is 0 Å². The van der Waals surface area contributed by atoms with E-state index in [9.17, 15) is 4.79 Å². The van der Waals surface area contributed by atoms with Crippen LogP contribution < -0.4 is 4.90 Å². The van der Waals surface area contributed by atoms with E-state index in [0.717, 1.165) is 12.2 Å². The summed E-state index contributed by atoms with van der Waals surface area (Å²) in [5, 5.41) is 0. The fourth-order valence-electron chi connectivity index (χ4n) is 2.20. The molecular formula is C15H21NO2. The molecule has 1 fully saturated rings. The lowest BCUT2D eigenvalue weighted by atomic mass is 9.86. The second kappa shape index (κ2) is 4.63. The highest BCUT2D eigenvalue weighted by atomic mass is 16.5. The maximum atomic E-state index is 11.7. The van der Waals surface area contributed by atoms with Crippen LogP contribution in [0, 0.1) is 0 Å². The zero-order valence-electron chi connectivity index (χ0n) is 11.6. The van der Waals surface area contributed by atoms with Crippen LogP contribution in [0.15, 0.2) is 24.3 Å². The van der Waals surface area contributed by atoms with E-state index in [4.69, 9.17) is 4.74 Å². The second-order valence-corrected chi connectivity index (χ2v) is 5.69. The first-order chi connectivity index (χ1) is 8.45. The summed E-state index contributed by atoms with van der Waals surface area (Å²) in [4.78, 5) is 13.8. The lowest BCUT2D eigenvalue weighted by Gasteiger charge is -2.23. The van der Waals surface area contributed by atoms with Gasteiger partial charge in [-0.15, -0.1) is 0 Å². The van der Waals surface area contributed by atoms with Crippen molar-refractivity contribution in [3.8, 4) is 0 Å². The number of hydrogen-bond donors (Lipinski definition) is 0. The number of rotatable bonds is 3. The monoisotopic (exact) mass is 247 g/mol. The second-order valence-electron chi connectivity index (χ2n) is 5.69. The summed E-state index contributed by atoms with van der Waals surface area (Å²) >= 11 is 0. The normalized spacial score (nSPS) is 18.7. The van der Waals surface area contributed by atoms with Gasteiger partial charge in [0.05, 0.1) is 13.2 Å². The molecule has 1 aromatic rings. The molecule has 0 amide bonds. The average molecular weight is 247 g/mol. The van der Waals surface area contributed by atoms with Gasteiger partial charge in [-0.2, -0.15) is 0 Å². The number of carbonyl (C=O) groups is 1. The Balaban J connectivity index is 2.19. The molecule has 3 nitrogen and oxygen atoms in total. The Kier molecular flexibility index (Phi) is 3.33. The summed E-state index contributed by atoms with van der Waals surface area (Å²) in [6.07, 6.45) is 0. The Morgan fingerprint density at radius 1 is 1.39 bits per heavy atom. The van der Waals surface area contributed by atoms with Crippen LogP contribution >= 0.6 is 0 Å². The van der Waals surface area contributed by atoms with E-state index in [1.807, 2.05) is 19.1 Å². The molecule has 18 heavy (non-hydrogen) atoms. The van der Waals surface area contributed by atoms with Gasteiger partial charge in [0.15, 0.2) is 0 Å². The van der Waals surface area contributed by atoms with Crippen molar-refractivity contribution in [2.45, 2.75) is 39.2 Å². The van der Waals surface area contributed by atoms with Crippen molar-refractivity contribution in [3.05, 3.63) is 29.8 Å². The lowest BCUT2D eigenvalue weighted by molar-refractivity contribution is -0.142. The van der Waals surface area contributed by atoms with Crippen molar-refractivity contribution in [1.29, 1.82) is 0 Å². The minimum absolute atomic E-state index is 0.0817. The zero-order valence-corrected chi connectivity index (χ0v) is 11.6. The largest absolute Gasteiger partial charge is 0.464 e. The van der Waals surface area contributed by atoms with E-state index in [-0.39, 0.29) is 17.4 Å². The molecule has 0 spiro atoms. The Hall–Kier alpha value is -1.51. The Labute approximate surface area is 109 Å². The van der Waals surface area contributed by atoms with Gasteiger partial charge in [0, 0.05) is 5.69 Å². The molecule has 2 rings (SSSR count). The molecule has 1 aromatic carbocycles. The van der Waals surface area contributed by atoms with Crippen molar-refractivity contribution < 1.29 is 9.53 Å². The van der Waals surface area contributed by atoms with Crippen LogP contribution in [-0.4, -0.2) is 25.2 Å². The molecule has 0 aromatic heterocycles. The smallest absolute Gasteiger partial charge is 0.330 e. The van der Waals surface area contributed by atoms with Crippen LogP contribution in [0.4, 0.5) is 5.69 Å². The van der Waals surface area contributed by atoms with Gasteiger partial charge in [-0.05, 0) is 24.0 Å². The van der Waals surface area contributed by atoms with E-state index in [0.29, 0.717) is 6.61 Å². The topological polar surface area (TPSA) is 29.3 Å². The van der Waals surface area contributed by atoms with Gasteiger partial charge in [-0.1, -0.05) is 39.0 Å². The Morgan fingerprint density at radius 2 is 2.06 bits per heavy atom. The molecule has 1 unspecified atom stereocenters. The van der Waals surface area contributed by atoms with Crippen LogP contribution in [0.3, 0.4) is 0 Å². The standard InChI is InChI=1S/C15H21NO2/c1-5-18-14(17)13-10-16(13)12-9-7-6-8-11(12)15(2,3)4/h6-9,13H,5,10H2,1-4H3. The number of para-hydroxylation sites is 1. The molecule has 0 radical (unpaired) electrons. The minimum Gasteiger partial charge on any atom is -0.464 e. The summed E-state index contributed by atoms with van der Waals surface area (Å²) in [6, 6.07) is 8.20. The van der Waals surface area contributed by atoms with Gasteiger partial charge in [-0.3, -0.25) is 0 Å². The van der Waals surface area contributed by atoms with E-state index in [2.05, 4.69) is 37.8 Å². The van der Waals surface area contributed by atoms with Gasteiger partial charge in [-0.25, -0.2) is 4.79 Å². The number of ether oxygens (including phenoxy) is 1. The molecule has 0 N–H and O–H groups in total. The highest BCUT2D eigenvalue weighted by Crippen LogP contribution is 2.37. The first-order valence-corrected chi connectivity index (χ1v) is 6.48. The maximum Gasteiger partial charge on any atom is 0.330 e. The minimum atomic E-state index is -0.110. The fourth-order valence-corrected chi connectivity index (χ4v) is 2.20. The van der Waals surface area contributed by atoms with Crippen molar-refractivity contribution in [1.82, 2.24) is 0 Å². The van der Waals surface area contributed by atoms with Gasteiger partial charge in [0.2, 0.25) is 0 Å². The quantitative estimate of drug-likeness (QED) is 0.607. The highest BCUT2D eigenvalue weighted by molar-refractivity contribution is 5.87. The van der Waals surface area contributed by atoms with Gasteiger partial charge < -0.3 is 9.64 Å². The summed E-state index contributed by atoms with van der Waals surface area (Å²) in [5.41, 5.74) is 2.51. The molecule has 0 bridgehead atoms. The molecule has 3 heteroatoms. The van der Waals surface area contributed by atoms with E-state index in [1.165, 1.54) is 5.56 Å². The van der Waals surface area contributed by atoms with Crippen molar-refractivity contribution in [2.75, 3.05) is 18.1 Å². The zero-order chi connectivity index (χ0) is 13.3. The predicted molar refractivity (Wildman–Crippen MR) is 72.9 cm³/mol. The van der Waals surface area contributed by atoms with Crippen LogP contribution in [0.2, 0.25) is 0 Å². The summed E-state index contributed by atoms with van der Waals surface area (Å²) < 4.78 is 5.06. The van der Waals surface area contributed by atoms with Gasteiger partial charge >= 0.3 is 5.97 Å². The number of esters is 1. The van der Waals surface area contributed by atoms with Crippen LogP contribution in [0.1, 0.15) is 33.3 Å². The third-order valence-corrected chi connectivity index (χ3v) is 3.19. The van der Waals surface area contributed by atoms with E-state index >= 15 is 0 Å². The first-order valence-electron chi connectivity index (χ1n) is 6.48. The summed E-state index contributed by atoms with van der Waals surface area (Å²) in [7, 11) is 0. The van der Waals surface area contributed by atoms with Crippen molar-refractivity contribution >= 4 is 11.7 Å². The molecule has 98 valence electrons. The number of hydrogen-bond acceptors (Lipinski definition) is 3. The summed E-state index contributed by atoms with van der Waals surface area (Å²) in [5.74, 6) is -0.110. The van der Waals surface area contributed by atoms with E-state index in [1.54, 1.807) is 0 Å². The van der Waals surface area contributed by atoms with Gasteiger partial charge in [0.25, 0.3) is 0 Å². The number of anilines is 1. The van der Waals surface area contributed by atoms with Crippen LogP contribution in [-0.2, 0) is 14.9 Å². The summed E-state index contributed by atoms with van der Waals surface area (Å²) in [6.45, 7) is 9.63. The number of nitrogens with zero attached hydrogens (tertiary/aromatic N) is 1. The maximum absolute atomic E-state index is 11.7. The predicted octanol–water partition coefficient (Wildman–Crippen LogP) is 2.74. The molecule has 0 saturated carbocycles. The van der Waals surface area contributed by atoms with E-state index < -0.39 is 0 Å². The van der Waals surface area contributed by atoms with Crippen molar-refractivity contribution in [3.63, 3.8) is 0 Å². The molecule has 1 atom stereocenters. The highest BCUT2D eigenvalue weighted by Gasteiger charge is 2.43. The first kappa shape index (κ1) is 12.9. The number of benzene rings is 1. The molecule has 1 heterocycles. The molecule has 1 aliphatic heterocycles. The lowest BCUT2D eigenvalue weighted by Crippen LogP contribution is -2.19. The third kappa shape index (κ3) is 2.50. The van der Waals surface area contributed by atoms with Crippen LogP contribution in [0.5, 0.6) is 0 Å². The molecule has 1 saturated heterocycles. The van der Waals surface area contributed by atoms with Crippen molar-refractivity contribution in [2.24, 2.45) is 0 Å². The Bertz CT molecular complexity index is 448. The molecule has 0 aliphatic carbocycles. The van der Waals surface area contributed by atoms with Gasteiger partial charge in [0.1, 0.15) is 6.04 Å². The third-order valence-electron chi connectivity index (χ3n) is 3.19. The molecular weight excluding hydrogens is 226 g/mol. The SMILES string of the molecule is CCOC(=O)C1CN1c1ccccc1C(C)(C)C. The number of carbonyl (C=O) groups excluding carboxylic acids is 1. The average Bonchev–Trinajstić information content (AvgIpc) is 3.08. The fraction of sp³-hybridized carbons (Fsp3) is 0.533. The molecule has 1 aliphatic rings. The Morgan fingerprint density at radius 3 is 2.67 bits per heavy atom.